The molecule has 0 aromatic rings. The quantitative estimate of drug-likeness (QED) is 0.500. The van der Waals surface area contributed by atoms with E-state index in [1.807, 2.05) is 6.08 Å². The van der Waals surface area contributed by atoms with Crippen LogP contribution in [0.3, 0.4) is 0 Å². The summed E-state index contributed by atoms with van der Waals surface area (Å²) in [6, 6.07) is 0. The van der Waals surface area contributed by atoms with Gasteiger partial charge in [0.1, 0.15) is 0 Å². The Morgan fingerprint density at radius 3 is 2.40 bits per heavy atom. The Labute approximate surface area is 68.3 Å². The molecule has 0 amide bonds. The second-order valence-electron chi connectivity index (χ2n) is 2.71. The maximum Gasteiger partial charge on any atom is 0.0287 e. The van der Waals surface area contributed by atoms with Gasteiger partial charge in [0.25, 0.3) is 0 Å². The molecule has 0 aliphatic heterocycles. The third-order valence-electron chi connectivity index (χ3n) is 1.50. The molecule has 0 spiro atoms. The summed E-state index contributed by atoms with van der Waals surface area (Å²) in [5, 5.41) is 0. The van der Waals surface area contributed by atoms with Crippen molar-refractivity contribution in [2.24, 2.45) is 11.7 Å². The van der Waals surface area contributed by atoms with Crippen molar-refractivity contribution >= 4 is 17.1 Å². The first kappa shape index (κ1) is 9.79. The molecule has 2 N–H and O–H groups in total. The monoisotopic (exact) mass is 157 g/mol. The van der Waals surface area contributed by atoms with Gasteiger partial charge in [-0.05, 0) is 18.9 Å². The summed E-state index contributed by atoms with van der Waals surface area (Å²) in [5.41, 5.74) is 6.64. The molecule has 0 saturated carbocycles. The van der Waals surface area contributed by atoms with E-state index in [4.69, 9.17) is 18.0 Å². The Hall–Kier alpha value is -0.210. The number of nitrogens with two attached hydrogens (primary N) is 1. The molecule has 0 aromatic heterocycles. The van der Waals surface area contributed by atoms with E-state index in [0.717, 1.165) is 4.86 Å². The summed E-state index contributed by atoms with van der Waals surface area (Å²) in [7, 11) is 0. The second kappa shape index (κ2) is 4.58. The zero-order valence-electron chi connectivity index (χ0n) is 6.85. The fraction of sp³-hybridized carbons (Fsp3) is 0.625. The number of allylic oxidation sites excluding steroid dienone is 1. The van der Waals surface area contributed by atoms with E-state index in [1.165, 1.54) is 5.57 Å². The molecule has 0 fully saturated rings. The first-order valence-electron chi connectivity index (χ1n) is 3.49. The highest BCUT2D eigenvalue weighted by Gasteiger charge is 1.96. The van der Waals surface area contributed by atoms with Gasteiger partial charge in [0.2, 0.25) is 0 Å². The van der Waals surface area contributed by atoms with Crippen molar-refractivity contribution in [1.29, 1.82) is 0 Å². The third-order valence-corrected chi connectivity index (χ3v) is 1.79. The van der Waals surface area contributed by atoms with Crippen LogP contribution in [0.2, 0.25) is 0 Å². The molecular weight excluding hydrogens is 142 g/mol. The standard InChI is InChI=1S/C8H15NS/c1-6(2)7(3)4-8(10)5-9/h4,6H,5,9H2,1-3H3. The minimum absolute atomic E-state index is 0.486. The van der Waals surface area contributed by atoms with Gasteiger partial charge in [-0.15, -0.1) is 0 Å². The van der Waals surface area contributed by atoms with Crippen molar-refractivity contribution in [2.45, 2.75) is 20.8 Å². The largest absolute Gasteiger partial charge is 0.326 e. The van der Waals surface area contributed by atoms with E-state index < -0.39 is 0 Å². The highest BCUT2D eigenvalue weighted by molar-refractivity contribution is 7.80. The van der Waals surface area contributed by atoms with Crippen LogP contribution >= 0.6 is 12.2 Å². The van der Waals surface area contributed by atoms with Crippen LogP contribution in [-0.4, -0.2) is 11.4 Å². The van der Waals surface area contributed by atoms with Crippen LogP contribution in [0.25, 0.3) is 0 Å². The van der Waals surface area contributed by atoms with Crippen LogP contribution in [0.5, 0.6) is 0 Å². The van der Waals surface area contributed by atoms with Gasteiger partial charge in [-0.25, -0.2) is 0 Å². The fourth-order valence-electron chi connectivity index (χ4n) is 0.480. The molecule has 0 bridgehead atoms. The van der Waals surface area contributed by atoms with Crippen LogP contribution in [0.15, 0.2) is 11.6 Å². The first-order chi connectivity index (χ1) is 4.57. The van der Waals surface area contributed by atoms with Gasteiger partial charge < -0.3 is 5.73 Å². The van der Waals surface area contributed by atoms with Crippen molar-refractivity contribution in [3.63, 3.8) is 0 Å². The summed E-state index contributed by atoms with van der Waals surface area (Å²) in [4.78, 5) is 0.839. The lowest BCUT2D eigenvalue weighted by Crippen LogP contribution is -2.09. The summed E-state index contributed by atoms with van der Waals surface area (Å²) < 4.78 is 0. The van der Waals surface area contributed by atoms with Gasteiger partial charge in [-0.2, -0.15) is 0 Å². The maximum absolute atomic E-state index is 5.33. The Kier molecular flexibility index (Phi) is 4.49. The zero-order chi connectivity index (χ0) is 8.15. The molecule has 0 aliphatic rings. The van der Waals surface area contributed by atoms with Gasteiger partial charge in [-0.1, -0.05) is 31.6 Å². The van der Waals surface area contributed by atoms with Crippen LogP contribution in [-0.2, 0) is 0 Å². The lowest BCUT2D eigenvalue weighted by Gasteiger charge is -2.03. The Bertz CT molecular complexity index is 147. The van der Waals surface area contributed by atoms with Gasteiger partial charge in [0.05, 0.1) is 0 Å². The van der Waals surface area contributed by atoms with Gasteiger partial charge in [0.15, 0.2) is 0 Å². The molecule has 0 heterocycles. The SMILES string of the molecule is CC(=CC(=S)CN)C(C)C. The average Bonchev–Trinajstić information content (AvgIpc) is 1.87. The van der Waals surface area contributed by atoms with E-state index in [2.05, 4.69) is 20.8 Å². The van der Waals surface area contributed by atoms with Crippen LogP contribution < -0.4 is 5.73 Å². The van der Waals surface area contributed by atoms with Gasteiger partial charge in [-0.3, -0.25) is 0 Å². The van der Waals surface area contributed by atoms with E-state index in [1.54, 1.807) is 0 Å². The minimum atomic E-state index is 0.486. The molecule has 0 aromatic carbocycles. The lowest BCUT2D eigenvalue weighted by atomic mass is 10.0. The molecule has 0 saturated heterocycles. The predicted octanol–water partition coefficient (Wildman–Crippen LogP) is 1.92. The second-order valence-corrected chi connectivity index (χ2v) is 3.24. The van der Waals surface area contributed by atoms with Crippen LogP contribution in [0.1, 0.15) is 20.8 Å². The van der Waals surface area contributed by atoms with Crippen molar-refractivity contribution < 1.29 is 0 Å². The molecule has 0 rings (SSSR count). The van der Waals surface area contributed by atoms with Crippen molar-refractivity contribution in [3.8, 4) is 0 Å². The molecule has 0 aliphatic carbocycles. The van der Waals surface area contributed by atoms with E-state index >= 15 is 0 Å². The fourth-order valence-corrected chi connectivity index (χ4v) is 0.665. The summed E-state index contributed by atoms with van der Waals surface area (Å²) >= 11 is 4.95. The van der Waals surface area contributed by atoms with Crippen LogP contribution in [0.4, 0.5) is 0 Å². The van der Waals surface area contributed by atoms with Crippen molar-refractivity contribution in [2.75, 3.05) is 6.54 Å². The number of thiocarbonyl (C=S) groups is 1. The smallest absolute Gasteiger partial charge is 0.0287 e. The maximum atomic E-state index is 5.33. The number of hydrogen-bond acceptors (Lipinski definition) is 2. The van der Waals surface area contributed by atoms with Crippen molar-refractivity contribution in [1.82, 2.24) is 0 Å². The van der Waals surface area contributed by atoms with Gasteiger partial charge in [0, 0.05) is 11.4 Å². The number of rotatable bonds is 3. The zero-order valence-corrected chi connectivity index (χ0v) is 7.66. The molecule has 1 nitrogen and oxygen atoms in total. The van der Waals surface area contributed by atoms with E-state index in [9.17, 15) is 0 Å². The predicted molar refractivity (Wildman–Crippen MR) is 50.2 cm³/mol. The molecule has 0 unspecified atom stereocenters. The Morgan fingerprint density at radius 1 is 1.60 bits per heavy atom. The molecule has 2 heteroatoms. The normalized spacial score (nSPS) is 12.3. The first-order valence-corrected chi connectivity index (χ1v) is 3.89. The Balaban J connectivity index is 4.03. The summed E-state index contributed by atoms with van der Waals surface area (Å²) in [6.07, 6.45) is 1.99. The summed E-state index contributed by atoms with van der Waals surface area (Å²) in [6.45, 7) is 6.85. The molecule has 58 valence electrons. The Morgan fingerprint density at radius 2 is 2.10 bits per heavy atom. The minimum Gasteiger partial charge on any atom is -0.326 e. The van der Waals surface area contributed by atoms with Crippen molar-refractivity contribution in [3.05, 3.63) is 11.6 Å². The number of hydrogen-bond donors (Lipinski definition) is 1. The highest BCUT2D eigenvalue weighted by atomic mass is 32.1. The van der Waals surface area contributed by atoms with E-state index in [-0.39, 0.29) is 0 Å². The molecular formula is C8H15NS. The topological polar surface area (TPSA) is 26.0 Å². The molecule has 10 heavy (non-hydrogen) atoms. The van der Waals surface area contributed by atoms with E-state index in [0.29, 0.717) is 12.5 Å². The molecule has 0 radical (unpaired) electrons. The highest BCUT2D eigenvalue weighted by Crippen LogP contribution is 2.07. The van der Waals surface area contributed by atoms with Gasteiger partial charge >= 0.3 is 0 Å². The third kappa shape index (κ3) is 3.75. The molecule has 0 atom stereocenters. The van der Waals surface area contributed by atoms with Crippen LogP contribution in [0, 0.1) is 5.92 Å². The lowest BCUT2D eigenvalue weighted by molar-refractivity contribution is 0.770. The average molecular weight is 157 g/mol. The summed E-state index contributed by atoms with van der Waals surface area (Å²) in [5.74, 6) is 0.574.